The molecule has 0 bridgehead atoms. The van der Waals surface area contributed by atoms with Crippen molar-refractivity contribution in [1.82, 2.24) is 4.90 Å². The first-order valence-electron chi connectivity index (χ1n) is 5.25. The van der Waals surface area contributed by atoms with Crippen molar-refractivity contribution in [3.63, 3.8) is 0 Å². The second-order valence-corrected chi connectivity index (χ2v) is 8.21. The fraction of sp³-hybridized carbons (Fsp3) is 1.00. The second kappa shape index (κ2) is 6.21. The molecule has 0 aliphatic rings. The maximum atomic E-state index is 11.8. The lowest BCUT2D eigenvalue weighted by atomic mass is 10.3. The predicted octanol–water partition coefficient (Wildman–Crippen LogP) is 1.92. The fourth-order valence-electron chi connectivity index (χ4n) is 1.10. The molecule has 0 N–H and O–H groups in total. The molecular weight excluding hydrogens is 278 g/mol. The van der Waals surface area contributed by atoms with Crippen molar-refractivity contribution in [2.75, 3.05) is 30.7 Å². The van der Waals surface area contributed by atoms with E-state index in [1.165, 1.54) is 0 Å². The average molecular weight is 300 g/mol. The minimum atomic E-state index is -2.98. The monoisotopic (exact) mass is 299 g/mol. The Kier molecular flexibility index (Phi) is 6.37. The highest BCUT2D eigenvalue weighted by atomic mass is 79.9. The van der Waals surface area contributed by atoms with Crippen LogP contribution in [0.3, 0.4) is 0 Å². The van der Waals surface area contributed by atoms with Crippen LogP contribution in [0.4, 0.5) is 0 Å². The van der Waals surface area contributed by atoms with Gasteiger partial charge in [-0.1, -0.05) is 22.9 Å². The van der Waals surface area contributed by atoms with Crippen molar-refractivity contribution in [3.8, 4) is 0 Å². The van der Waals surface area contributed by atoms with E-state index in [2.05, 4.69) is 20.8 Å². The van der Waals surface area contributed by atoms with E-state index >= 15 is 0 Å². The number of hydrogen-bond donors (Lipinski definition) is 0. The molecule has 0 aromatic rings. The lowest BCUT2D eigenvalue weighted by Crippen LogP contribution is -2.37. The van der Waals surface area contributed by atoms with Crippen LogP contribution >= 0.6 is 15.9 Å². The zero-order chi connectivity index (χ0) is 12.1. The Morgan fingerprint density at radius 1 is 1.20 bits per heavy atom. The average Bonchev–Trinajstić information content (AvgIpc) is 2.10. The van der Waals surface area contributed by atoms with Gasteiger partial charge in [0.2, 0.25) is 0 Å². The van der Waals surface area contributed by atoms with Gasteiger partial charge in [-0.15, -0.1) is 0 Å². The molecule has 0 aliphatic carbocycles. The Morgan fingerprint density at radius 2 is 1.73 bits per heavy atom. The zero-order valence-electron chi connectivity index (χ0n) is 10.1. The molecule has 0 heterocycles. The molecule has 0 rings (SSSR count). The van der Waals surface area contributed by atoms with Gasteiger partial charge in [0.1, 0.15) is 0 Å². The molecule has 0 unspecified atom stereocenters. The van der Waals surface area contributed by atoms with E-state index in [9.17, 15) is 8.42 Å². The molecule has 0 radical (unpaired) electrons. The van der Waals surface area contributed by atoms with E-state index in [1.807, 2.05) is 6.92 Å². The quantitative estimate of drug-likeness (QED) is 0.703. The fourth-order valence-corrected chi connectivity index (χ4v) is 2.72. The molecule has 0 aromatic heterocycles. The number of alkyl halides is 1. The van der Waals surface area contributed by atoms with Crippen molar-refractivity contribution in [2.24, 2.45) is 0 Å². The summed E-state index contributed by atoms with van der Waals surface area (Å²) < 4.78 is 23.0. The van der Waals surface area contributed by atoms with Gasteiger partial charge in [0.25, 0.3) is 0 Å². The van der Waals surface area contributed by atoms with Gasteiger partial charge in [0, 0.05) is 18.4 Å². The van der Waals surface area contributed by atoms with Gasteiger partial charge in [0.15, 0.2) is 9.84 Å². The first-order valence-corrected chi connectivity index (χ1v) is 8.02. The van der Waals surface area contributed by atoms with Crippen LogP contribution in [0.5, 0.6) is 0 Å². The van der Waals surface area contributed by atoms with E-state index in [1.54, 1.807) is 20.8 Å². The standard InChI is InChI=1S/C10H22BrNO2S/c1-5-12(7-6-11)8-9-15(13,14)10(2,3)4/h5-9H2,1-4H3. The summed E-state index contributed by atoms with van der Waals surface area (Å²) in [5.41, 5.74) is 0. The first-order chi connectivity index (χ1) is 6.74. The molecule has 0 aliphatic heterocycles. The van der Waals surface area contributed by atoms with Gasteiger partial charge < -0.3 is 4.90 Å². The maximum absolute atomic E-state index is 11.8. The number of rotatable bonds is 6. The predicted molar refractivity (Wildman–Crippen MR) is 69.4 cm³/mol. The molecule has 0 fully saturated rings. The van der Waals surface area contributed by atoms with E-state index < -0.39 is 14.6 Å². The van der Waals surface area contributed by atoms with Gasteiger partial charge in [-0.05, 0) is 27.3 Å². The minimum absolute atomic E-state index is 0.247. The molecule has 5 heteroatoms. The molecular formula is C10H22BrNO2S. The topological polar surface area (TPSA) is 37.4 Å². The summed E-state index contributed by atoms with van der Waals surface area (Å²) in [6, 6.07) is 0. The second-order valence-electron chi connectivity index (χ2n) is 4.55. The third kappa shape index (κ3) is 5.31. The van der Waals surface area contributed by atoms with Gasteiger partial charge in [0.05, 0.1) is 10.5 Å². The molecule has 0 amide bonds. The normalized spacial score (nSPS) is 13.5. The smallest absolute Gasteiger partial charge is 0.156 e. The third-order valence-corrected chi connectivity index (χ3v) is 5.40. The van der Waals surface area contributed by atoms with Crippen LogP contribution in [0.2, 0.25) is 0 Å². The van der Waals surface area contributed by atoms with Crippen molar-refractivity contribution in [2.45, 2.75) is 32.4 Å². The number of nitrogens with zero attached hydrogens (tertiary/aromatic N) is 1. The van der Waals surface area contributed by atoms with Crippen molar-refractivity contribution < 1.29 is 8.42 Å². The summed E-state index contributed by atoms with van der Waals surface area (Å²) in [5.74, 6) is 0.247. The molecule has 15 heavy (non-hydrogen) atoms. The van der Waals surface area contributed by atoms with Gasteiger partial charge in [-0.2, -0.15) is 0 Å². The number of sulfone groups is 1. The van der Waals surface area contributed by atoms with E-state index in [4.69, 9.17) is 0 Å². The zero-order valence-corrected chi connectivity index (χ0v) is 12.5. The van der Waals surface area contributed by atoms with E-state index in [-0.39, 0.29) is 5.75 Å². The van der Waals surface area contributed by atoms with Gasteiger partial charge >= 0.3 is 0 Å². The van der Waals surface area contributed by atoms with Crippen molar-refractivity contribution in [3.05, 3.63) is 0 Å². The molecule has 0 spiro atoms. The Hall–Kier alpha value is 0.390. The maximum Gasteiger partial charge on any atom is 0.156 e. The first kappa shape index (κ1) is 15.4. The van der Waals surface area contributed by atoms with Crippen LogP contribution in [-0.2, 0) is 9.84 Å². The summed E-state index contributed by atoms with van der Waals surface area (Å²) >= 11 is 3.36. The van der Waals surface area contributed by atoms with E-state index in [0.717, 1.165) is 18.4 Å². The third-order valence-electron chi connectivity index (χ3n) is 2.46. The van der Waals surface area contributed by atoms with Gasteiger partial charge in [-0.25, -0.2) is 8.42 Å². The Morgan fingerprint density at radius 3 is 2.07 bits per heavy atom. The van der Waals surface area contributed by atoms with Crippen LogP contribution in [0, 0.1) is 0 Å². The van der Waals surface area contributed by atoms with Crippen molar-refractivity contribution in [1.29, 1.82) is 0 Å². The summed E-state index contributed by atoms with van der Waals surface area (Å²) in [7, 11) is -2.98. The molecule has 92 valence electrons. The number of hydrogen-bond acceptors (Lipinski definition) is 3. The summed E-state index contributed by atoms with van der Waals surface area (Å²) in [6.45, 7) is 9.73. The van der Waals surface area contributed by atoms with Gasteiger partial charge in [-0.3, -0.25) is 0 Å². The van der Waals surface area contributed by atoms with Crippen LogP contribution in [-0.4, -0.2) is 48.8 Å². The highest BCUT2D eigenvalue weighted by molar-refractivity contribution is 9.09. The minimum Gasteiger partial charge on any atom is -0.302 e. The van der Waals surface area contributed by atoms with Crippen molar-refractivity contribution >= 4 is 25.8 Å². The molecule has 0 atom stereocenters. The highest BCUT2D eigenvalue weighted by Gasteiger charge is 2.28. The van der Waals surface area contributed by atoms with E-state index in [0.29, 0.717) is 6.54 Å². The number of halogens is 1. The van der Waals surface area contributed by atoms with Crippen LogP contribution in [0.1, 0.15) is 27.7 Å². The lowest BCUT2D eigenvalue weighted by Gasteiger charge is -2.23. The molecule has 0 saturated carbocycles. The molecule has 0 aromatic carbocycles. The van der Waals surface area contributed by atoms with Crippen LogP contribution in [0.25, 0.3) is 0 Å². The van der Waals surface area contributed by atoms with Crippen LogP contribution < -0.4 is 0 Å². The summed E-state index contributed by atoms with van der Waals surface area (Å²) in [4.78, 5) is 2.14. The summed E-state index contributed by atoms with van der Waals surface area (Å²) in [6.07, 6.45) is 0. The Labute approximate surface area is 102 Å². The largest absolute Gasteiger partial charge is 0.302 e. The summed E-state index contributed by atoms with van der Waals surface area (Å²) in [5, 5.41) is 0.885. The lowest BCUT2D eigenvalue weighted by molar-refractivity contribution is 0.324. The Balaban J connectivity index is 4.26. The highest BCUT2D eigenvalue weighted by Crippen LogP contribution is 2.15. The van der Waals surface area contributed by atoms with Crippen LogP contribution in [0.15, 0.2) is 0 Å². The molecule has 0 saturated heterocycles. The SMILES string of the molecule is CCN(CCBr)CCS(=O)(=O)C(C)(C)C. The molecule has 3 nitrogen and oxygen atoms in total. The Bertz CT molecular complexity index is 270.